The van der Waals surface area contributed by atoms with Gasteiger partial charge in [0.15, 0.2) is 17.4 Å². The van der Waals surface area contributed by atoms with E-state index in [1.807, 2.05) is 0 Å². The third-order valence-corrected chi connectivity index (χ3v) is 1.24. The maximum absolute atomic E-state index is 10.7. The van der Waals surface area contributed by atoms with Crippen LogP contribution in [0, 0.1) is 0 Å². The largest absolute Gasteiger partial charge is 0.393 e. The zero-order chi connectivity index (χ0) is 8.69. The van der Waals surface area contributed by atoms with Crippen LogP contribution in [0.3, 0.4) is 0 Å². The quantitative estimate of drug-likeness (QED) is 0.279. The van der Waals surface area contributed by atoms with Gasteiger partial charge >= 0.3 is 11.9 Å². The van der Waals surface area contributed by atoms with E-state index in [9.17, 15) is 9.59 Å². The van der Waals surface area contributed by atoms with Gasteiger partial charge in [-0.05, 0) is 6.42 Å². The fourth-order valence-electron chi connectivity index (χ4n) is 0.731. The lowest BCUT2D eigenvalue weighted by Gasteiger charge is -1.97. The van der Waals surface area contributed by atoms with Gasteiger partial charge in [0, 0.05) is 13.3 Å². The summed E-state index contributed by atoms with van der Waals surface area (Å²) in [7, 11) is 0. The lowest BCUT2D eigenvalue weighted by Crippen LogP contribution is -2.08. The molecule has 0 aliphatic carbocycles. The van der Waals surface area contributed by atoms with Gasteiger partial charge in [0.2, 0.25) is 0 Å². The predicted octanol–water partition coefficient (Wildman–Crippen LogP) is 0.472. The third kappa shape index (κ3) is 9.67. The lowest BCUT2D eigenvalue weighted by atomic mass is 10.2. The van der Waals surface area contributed by atoms with Crippen LogP contribution in [0.2, 0.25) is 0 Å². The molecule has 0 N–H and O–H groups in total. The molecule has 0 aliphatic rings. The molecule has 0 unspecified atom stereocenters. The first kappa shape index (κ1) is 14.2. The highest BCUT2D eigenvalue weighted by Gasteiger charge is 2.03. The second-order valence-corrected chi connectivity index (χ2v) is 2.42. The Morgan fingerprint density at radius 3 is 2.25 bits per heavy atom. The first-order chi connectivity index (χ1) is 5.16. The molecule has 0 saturated heterocycles. The number of esters is 2. The molecule has 12 heavy (non-hydrogen) atoms. The predicted molar refractivity (Wildman–Crippen MR) is 50.9 cm³/mol. The Balaban J connectivity index is 0. The Kier molecular flexibility index (Phi) is 10.4. The van der Waals surface area contributed by atoms with Gasteiger partial charge in [0.1, 0.15) is 0 Å². The molecule has 0 amide bonds. The van der Waals surface area contributed by atoms with Gasteiger partial charge < -0.3 is 4.74 Å². The van der Waals surface area contributed by atoms with E-state index in [2.05, 4.69) is 11.7 Å². The molecule has 0 aromatic carbocycles. The third-order valence-electron chi connectivity index (χ3n) is 1.24. The van der Waals surface area contributed by atoms with E-state index >= 15 is 0 Å². The smallest absolute Gasteiger partial charge is 0.313 e. The number of hydrogen-bond acceptors (Lipinski definition) is 3. The first-order valence-corrected chi connectivity index (χ1v) is 3.88. The molecule has 0 saturated carbocycles. The van der Waals surface area contributed by atoms with Crippen LogP contribution in [0.1, 0.15) is 39.5 Å². The molecule has 3 nitrogen and oxygen atoms in total. The molecular formula is C8H17AlO3. The van der Waals surface area contributed by atoms with E-state index in [0.29, 0.717) is 6.42 Å². The molecule has 70 valence electrons. The van der Waals surface area contributed by atoms with Crippen molar-refractivity contribution in [3.8, 4) is 0 Å². The minimum absolute atomic E-state index is 0. The highest BCUT2D eigenvalue weighted by Crippen LogP contribution is 2.00. The Hall–Kier alpha value is -0.328. The summed E-state index contributed by atoms with van der Waals surface area (Å²) in [6, 6.07) is 0. The Bertz CT molecular complexity index is 145. The highest BCUT2D eigenvalue weighted by molar-refractivity contribution is 5.83. The zero-order valence-electron chi connectivity index (χ0n) is 7.05. The van der Waals surface area contributed by atoms with Crippen LogP contribution in [-0.4, -0.2) is 29.3 Å². The highest BCUT2D eigenvalue weighted by atomic mass is 27.0. The Morgan fingerprint density at radius 1 is 1.25 bits per heavy atom. The average molecular weight is 188 g/mol. The van der Waals surface area contributed by atoms with Crippen LogP contribution >= 0.6 is 0 Å². The second kappa shape index (κ2) is 8.77. The van der Waals surface area contributed by atoms with Gasteiger partial charge in [-0.25, -0.2) is 0 Å². The van der Waals surface area contributed by atoms with Crippen LogP contribution in [0.15, 0.2) is 0 Å². The molecule has 4 heteroatoms. The molecule has 0 aliphatic heterocycles. The van der Waals surface area contributed by atoms with Crippen molar-refractivity contribution < 1.29 is 14.3 Å². The van der Waals surface area contributed by atoms with Gasteiger partial charge in [-0.1, -0.05) is 19.8 Å². The number of ether oxygens (including phenoxy) is 1. The van der Waals surface area contributed by atoms with E-state index in [-0.39, 0.29) is 17.4 Å². The molecule has 0 fully saturated rings. The van der Waals surface area contributed by atoms with Gasteiger partial charge in [-0.2, -0.15) is 0 Å². The van der Waals surface area contributed by atoms with Gasteiger partial charge in [-0.15, -0.1) is 0 Å². The van der Waals surface area contributed by atoms with Crippen molar-refractivity contribution in [2.45, 2.75) is 39.5 Å². The summed E-state index contributed by atoms with van der Waals surface area (Å²) in [5, 5.41) is 0. The number of carbonyl (C=O) groups excluding carboxylic acids is 2. The van der Waals surface area contributed by atoms with E-state index in [1.165, 1.54) is 6.92 Å². The monoisotopic (exact) mass is 188 g/mol. The lowest BCUT2D eigenvalue weighted by molar-refractivity contribution is -0.158. The molecule has 0 aromatic rings. The molecular weight excluding hydrogens is 171 g/mol. The second-order valence-electron chi connectivity index (χ2n) is 2.42. The molecule has 0 aromatic heterocycles. The molecule has 0 rings (SSSR count). The maximum Gasteiger partial charge on any atom is 0.313 e. The van der Waals surface area contributed by atoms with Crippen molar-refractivity contribution >= 4 is 29.3 Å². The molecule has 0 spiro atoms. The van der Waals surface area contributed by atoms with Crippen LogP contribution in [-0.2, 0) is 14.3 Å². The van der Waals surface area contributed by atoms with Crippen molar-refractivity contribution in [2.75, 3.05) is 0 Å². The van der Waals surface area contributed by atoms with Crippen molar-refractivity contribution in [3.63, 3.8) is 0 Å². The minimum Gasteiger partial charge on any atom is -0.393 e. The molecule has 0 radical (unpaired) electrons. The number of unbranched alkanes of at least 4 members (excludes halogenated alkanes) is 2. The maximum atomic E-state index is 10.7. The van der Waals surface area contributed by atoms with Crippen LogP contribution < -0.4 is 0 Å². The van der Waals surface area contributed by atoms with Gasteiger partial charge in [0.05, 0.1) is 0 Å². The van der Waals surface area contributed by atoms with E-state index in [1.54, 1.807) is 0 Å². The fourth-order valence-corrected chi connectivity index (χ4v) is 0.731. The van der Waals surface area contributed by atoms with Crippen molar-refractivity contribution in [1.82, 2.24) is 0 Å². The van der Waals surface area contributed by atoms with Gasteiger partial charge in [-0.3, -0.25) is 9.59 Å². The molecule has 0 atom stereocenters. The summed E-state index contributed by atoms with van der Waals surface area (Å²) >= 11 is 0. The summed E-state index contributed by atoms with van der Waals surface area (Å²) in [4.78, 5) is 20.9. The van der Waals surface area contributed by atoms with Crippen LogP contribution in [0.5, 0.6) is 0 Å². The molecule has 0 bridgehead atoms. The fraction of sp³-hybridized carbons (Fsp3) is 0.750. The van der Waals surface area contributed by atoms with Crippen molar-refractivity contribution in [3.05, 3.63) is 0 Å². The van der Waals surface area contributed by atoms with E-state index in [4.69, 9.17) is 0 Å². The van der Waals surface area contributed by atoms with E-state index < -0.39 is 11.9 Å². The van der Waals surface area contributed by atoms with Crippen molar-refractivity contribution in [1.29, 1.82) is 0 Å². The Labute approximate surface area is 83.6 Å². The number of carbonyl (C=O) groups is 2. The standard InChI is InChI=1S/C8H14O3.Al.3H/c1-3-4-5-6-8(10)11-7(2)9;;;;/h3-6H2,1-2H3;;;;. The topological polar surface area (TPSA) is 43.4 Å². The number of hydrogen-bond donors (Lipinski definition) is 0. The summed E-state index contributed by atoms with van der Waals surface area (Å²) in [5.41, 5.74) is 0. The summed E-state index contributed by atoms with van der Waals surface area (Å²) in [5.74, 6) is -0.933. The minimum atomic E-state index is -0.522. The zero-order valence-corrected chi connectivity index (χ0v) is 7.05. The summed E-state index contributed by atoms with van der Waals surface area (Å²) in [6.07, 6.45) is 3.23. The van der Waals surface area contributed by atoms with Crippen LogP contribution in [0.4, 0.5) is 0 Å². The molecule has 0 heterocycles. The summed E-state index contributed by atoms with van der Waals surface area (Å²) < 4.78 is 4.32. The van der Waals surface area contributed by atoms with Gasteiger partial charge in [0.25, 0.3) is 0 Å². The van der Waals surface area contributed by atoms with E-state index in [0.717, 1.165) is 19.3 Å². The normalized spacial score (nSPS) is 8.50. The summed E-state index contributed by atoms with van der Waals surface area (Å²) in [6.45, 7) is 3.29. The first-order valence-electron chi connectivity index (χ1n) is 3.88. The average Bonchev–Trinajstić information content (AvgIpc) is 1.86. The van der Waals surface area contributed by atoms with Crippen LogP contribution in [0.25, 0.3) is 0 Å². The Morgan fingerprint density at radius 2 is 1.83 bits per heavy atom. The van der Waals surface area contributed by atoms with Crippen molar-refractivity contribution in [2.24, 2.45) is 0 Å². The SMILES string of the molecule is CCCCCC(=O)OC(C)=O.[AlH3]. The number of rotatable bonds is 4.